The number of aliphatic hydroxyl groups is 1. The molecule has 4 aromatic carbocycles. The molecular formula is C78H112N12O15. The highest BCUT2D eigenvalue weighted by Gasteiger charge is 2.36. The number of para-hydroxylation sites is 1. The van der Waals surface area contributed by atoms with Crippen molar-refractivity contribution in [1.82, 2.24) is 52.0 Å². The van der Waals surface area contributed by atoms with Crippen molar-refractivity contribution in [2.75, 3.05) is 39.3 Å². The molecule has 2 heterocycles. The van der Waals surface area contributed by atoms with Crippen molar-refractivity contribution >= 4 is 70.0 Å². The second-order valence-corrected chi connectivity index (χ2v) is 28.1. The number of carbonyl (C=O) groups is 10. The third-order valence-corrected chi connectivity index (χ3v) is 18.9. The average molecular weight is 1460 g/mol. The minimum absolute atomic E-state index is 0.0123. The molecule has 1 aliphatic heterocycles. The van der Waals surface area contributed by atoms with Crippen LogP contribution in [-0.4, -0.2) is 187 Å². The molecule has 6 rings (SSSR count). The smallest absolute Gasteiger partial charge is 0.326 e. The van der Waals surface area contributed by atoms with Gasteiger partial charge in [0.2, 0.25) is 53.2 Å². The summed E-state index contributed by atoms with van der Waals surface area (Å²) in [5.74, 6) is -9.64. The number of H-pyrrole nitrogens is 1. The molecule has 17 N–H and O–H groups in total. The van der Waals surface area contributed by atoms with Crippen molar-refractivity contribution in [3.63, 3.8) is 0 Å². The Morgan fingerprint density at radius 1 is 0.581 bits per heavy atom. The monoisotopic (exact) mass is 1460 g/mol. The maximum Gasteiger partial charge on any atom is 0.326 e. The molecule has 0 bridgehead atoms. The predicted octanol–water partition coefficient (Wildman–Crippen LogP) is 5.46. The van der Waals surface area contributed by atoms with Crippen LogP contribution in [0.2, 0.25) is 0 Å². The number of fused-ring (bicyclic) bond motifs is 1. The van der Waals surface area contributed by atoms with Gasteiger partial charge < -0.3 is 89.0 Å². The van der Waals surface area contributed by atoms with Gasteiger partial charge in [0, 0.05) is 49.3 Å². The third kappa shape index (κ3) is 30.2. The van der Waals surface area contributed by atoms with Gasteiger partial charge >= 0.3 is 5.97 Å². The van der Waals surface area contributed by atoms with Crippen molar-refractivity contribution in [2.45, 2.75) is 223 Å². The number of aromatic amines is 1. The third-order valence-electron chi connectivity index (χ3n) is 18.9. The van der Waals surface area contributed by atoms with Gasteiger partial charge in [-0.3, -0.25) is 43.2 Å². The Balaban J connectivity index is 1.39. The molecule has 0 aliphatic carbocycles. The lowest BCUT2D eigenvalue weighted by atomic mass is 10.00. The number of phenolic OH excluding ortho intramolecular Hbond substituents is 3. The molecule has 27 nitrogen and oxygen atoms in total. The zero-order chi connectivity index (χ0) is 76.2. The first-order chi connectivity index (χ1) is 50.4. The molecule has 1 saturated heterocycles. The number of hydrogen-bond acceptors (Lipinski definition) is 16. The van der Waals surface area contributed by atoms with E-state index < -0.39 is 133 Å². The molecule has 105 heavy (non-hydrogen) atoms. The van der Waals surface area contributed by atoms with Crippen LogP contribution in [0.15, 0.2) is 103 Å². The van der Waals surface area contributed by atoms with Crippen molar-refractivity contribution in [3.8, 4) is 17.2 Å². The number of nitrogens with two attached hydrogens (primary N) is 2. The first-order valence-electron chi connectivity index (χ1n) is 37.3. The average Bonchev–Trinajstić information content (AvgIpc) is 1.81. The fraction of sp³-hybridized carbons (Fsp3) is 0.538. The lowest BCUT2D eigenvalue weighted by Gasteiger charge is -2.31. The summed E-state index contributed by atoms with van der Waals surface area (Å²) in [5.41, 5.74) is 14.9. The lowest BCUT2D eigenvalue weighted by Crippen LogP contribution is -2.61. The number of aromatic hydroxyl groups is 3. The quantitative estimate of drug-likeness (QED) is 0.0232. The summed E-state index contributed by atoms with van der Waals surface area (Å²) in [6.07, 6.45) is 15.7. The maximum atomic E-state index is 15.3. The largest absolute Gasteiger partial charge is 0.508 e. The Morgan fingerprint density at radius 2 is 1.08 bits per heavy atom. The van der Waals surface area contributed by atoms with E-state index in [0.717, 1.165) is 32.1 Å². The molecule has 27 heteroatoms. The van der Waals surface area contributed by atoms with Crippen LogP contribution in [0.3, 0.4) is 0 Å². The first kappa shape index (κ1) is 84.3. The van der Waals surface area contributed by atoms with Gasteiger partial charge in [-0.05, 0) is 148 Å². The number of carboxylic acid groups (broad SMARTS) is 1. The minimum atomic E-state index is -1.82. The number of rotatable bonds is 33. The van der Waals surface area contributed by atoms with E-state index in [4.69, 9.17) is 11.5 Å². The number of benzene rings is 4. The van der Waals surface area contributed by atoms with Crippen LogP contribution in [0.4, 0.5) is 0 Å². The molecule has 8 atom stereocenters. The number of primary amides is 1. The van der Waals surface area contributed by atoms with Crippen molar-refractivity contribution in [3.05, 3.63) is 126 Å². The fourth-order valence-electron chi connectivity index (χ4n) is 12.9. The molecular weight excluding hydrogens is 1340 g/mol. The number of unbranched alkanes of at least 4 members (excludes halogenated alkanes) is 11. The highest BCUT2D eigenvalue weighted by Crippen LogP contribution is 2.22. The number of amides is 9. The highest BCUT2D eigenvalue weighted by atomic mass is 16.4. The predicted molar refractivity (Wildman–Crippen MR) is 399 cm³/mol. The van der Waals surface area contributed by atoms with E-state index in [1.165, 1.54) is 111 Å². The van der Waals surface area contributed by atoms with Crippen molar-refractivity contribution in [2.24, 2.45) is 17.4 Å². The van der Waals surface area contributed by atoms with Gasteiger partial charge in [-0.15, -0.1) is 0 Å². The van der Waals surface area contributed by atoms with E-state index >= 15 is 14.4 Å². The van der Waals surface area contributed by atoms with E-state index in [1.54, 1.807) is 24.4 Å². The van der Waals surface area contributed by atoms with Crippen LogP contribution in [0.1, 0.15) is 171 Å². The zero-order valence-corrected chi connectivity index (χ0v) is 61.1. The molecule has 0 unspecified atom stereocenters. The Kier molecular flexibility index (Phi) is 36.1. The second kappa shape index (κ2) is 44.9. The summed E-state index contributed by atoms with van der Waals surface area (Å²) in [6, 6.07) is 13.1. The number of carboxylic acids is 1. The number of phenols is 3. The molecule has 0 radical (unpaired) electrons. The number of aromatic nitrogens is 1. The summed E-state index contributed by atoms with van der Waals surface area (Å²) in [6.45, 7) is 5.87. The first-order valence-corrected chi connectivity index (χ1v) is 37.3. The van der Waals surface area contributed by atoms with Crippen molar-refractivity contribution < 1.29 is 73.5 Å². The van der Waals surface area contributed by atoms with Crippen LogP contribution in [0.5, 0.6) is 17.2 Å². The zero-order valence-electron chi connectivity index (χ0n) is 61.1. The second-order valence-electron chi connectivity index (χ2n) is 28.1. The van der Waals surface area contributed by atoms with Gasteiger partial charge in [0.1, 0.15) is 59.5 Å². The summed E-state index contributed by atoms with van der Waals surface area (Å²) >= 11 is 0. The van der Waals surface area contributed by atoms with Crippen LogP contribution in [-0.2, 0) is 73.6 Å². The molecule has 574 valence electrons. The van der Waals surface area contributed by atoms with Gasteiger partial charge in [0.25, 0.3) is 0 Å². The Morgan fingerprint density at radius 3 is 1.66 bits per heavy atom. The van der Waals surface area contributed by atoms with E-state index in [9.17, 15) is 59.1 Å². The SMILES string of the molecule is CCCCCCCCCCCCCCN1CCCC[C@H](NC(=O)[C@@H](N)Cc2ccc(O)cc2)C(=O)N[C@@H](Cc2c[nH]c3ccccc23)C(=O)N[C@@H](CO)C(=O)N[C@@H](CCC(N)=O)C(=O)N[C@@H](Cc2ccc(O)cc2)C(=O)N[C@@H](CC(C)C)C(=O)N(CC(=O)N[C@@H](Cc2ccc(O)cc2)C(=O)O)CCCC1. The van der Waals surface area contributed by atoms with Crippen molar-refractivity contribution in [1.29, 1.82) is 0 Å². The van der Waals surface area contributed by atoms with Gasteiger partial charge in [-0.25, -0.2) is 4.79 Å². The summed E-state index contributed by atoms with van der Waals surface area (Å²) in [5, 5.41) is 70.8. The van der Waals surface area contributed by atoms with Gasteiger partial charge in [0.15, 0.2) is 0 Å². The van der Waals surface area contributed by atoms with Crippen LogP contribution >= 0.6 is 0 Å². The van der Waals surface area contributed by atoms with E-state index in [2.05, 4.69) is 54.0 Å². The van der Waals surface area contributed by atoms with Crippen LogP contribution in [0, 0.1) is 5.92 Å². The van der Waals surface area contributed by atoms with E-state index in [-0.39, 0.29) is 68.2 Å². The maximum absolute atomic E-state index is 15.3. The minimum Gasteiger partial charge on any atom is -0.508 e. The number of carbonyl (C=O) groups excluding carboxylic acids is 9. The van der Waals surface area contributed by atoms with E-state index in [0.29, 0.717) is 78.5 Å². The molecule has 0 saturated carbocycles. The normalized spacial score (nSPS) is 19.7. The Bertz CT molecular complexity index is 3570. The van der Waals surface area contributed by atoms with Crippen LogP contribution in [0.25, 0.3) is 10.9 Å². The van der Waals surface area contributed by atoms with E-state index in [1.807, 2.05) is 32.0 Å². The summed E-state index contributed by atoms with van der Waals surface area (Å²) < 4.78 is 0. The summed E-state index contributed by atoms with van der Waals surface area (Å²) in [4.78, 5) is 150. The molecule has 1 aromatic heterocycles. The molecule has 1 aliphatic rings. The lowest BCUT2D eigenvalue weighted by molar-refractivity contribution is -0.143. The number of aliphatic hydroxyl groups excluding tert-OH is 1. The number of aliphatic carboxylic acids is 1. The number of nitrogens with one attached hydrogen (secondary N) is 8. The standard InChI is InChI=1S/C78H112N12O15/c1-4-5-6-7-8-9-10-11-12-13-14-18-39-89-40-19-17-24-62(83-71(97)60(79)44-52-25-31-56(92)32-26-52)72(98)86-65(47-55-48-81-61-23-16-15-22-59(55)61)75(101)88-68(50-91)76(102)84-63(37-38-69(80)95)73(99)85-64(45-53-27-33-57(93)34-28-53)74(100)87-66(43-51(2)3)77(103)90(42-21-20-41-89)49-70(96)82-67(78(104)105)46-54-29-35-58(94)36-30-54/h15-16,22-23,25-36,48,51,60,62-68,81,91-94H,4-14,17-21,24,37-47,49-50,79H2,1-3H3,(H2,80,95)(H,82,96)(H,83,97)(H,84,102)(H,85,99)(H,86,98)(H,87,100)(H,88,101)(H,104,105)/t60-,62-,63-,64-,65-,66-,67-,68-/m0/s1. The highest BCUT2D eigenvalue weighted by molar-refractivity contribution is 5.98. The molecule has 0 spiro atoms. The summed E-state index contributed by atoms with van der Waals surface area (Å²) in [7, 11) is 0. The fourth-order valence-corrected chi connectivity index (χ4v) is 12.9. The molecule has 1 fully saturated rings. The Hall–Kier alpha value is -9.60. The van der Waals surface area contributed by atoms with Crippen LogP contribution < -0.4 is 48.7 Å². The topological polar surface area (TPSA) is 430 Å². The number of nitrogens with zero attached hydrogens (tertiary/aromatic N) is 2. The van der Waals surface area contributed by atoms with Gasteiger partial charge in [0.05, 0.1) is 19.2 Å². The number of hydrogen-bond donors (Lipinski definition) is 15. The Labute approximate surface area is 615 Å². The van der Waals surface area contributed by atoms with Gasteiger partial charge in [-0.2, -0.15) is 0 Å². The van der Waals surface area contributed by atoms with Gasteiger partial charge in [-0.1, -0.05) is 146 Å². The molecule has 9 amide bonds. The molecule has 5 aromatic rings.